The Hall–Kier alpha value is -1.62. The minimum atomic E-state index is -0.346. The van der Waals surface area contributed by atoms with Crippen LogP contribution in [0.3, 0.4) is 0 Å². The lowest BCUT2D eigenvalue weighted by atomic mass is 9.71. The normalized spacial score (nSPS) is 34.7. The number of benzene rings is 1. The average Bonchev–Trinajstić information content (AvgIpc) is 2.71. The van der Waals surface area contributed by atoms with Crippen LogP contribution in [0.25, 0.3) is 0 Å². The number of nitrogens with zero attached hydrogens (tertiary/aromatic N) is 2. The topological polar surface area (TPSA) is 32.8 Å². The third-order valence-corrected chi connectivity index (χ3v) is 6.73. The summed E-state index contributed by atoms with van der Waals surface area (Å²) < 4.78 is 18.9. The van der Waals surface area contributed by atoms with Crippen LogP contribution in [0.15, 0.2) is 24.3 Å². The van der Waals surface area contributed by atoms with E-state index in [1.807, 2.05) is 0 Å². The van der Waals surface area contributed by atoms with Crippen molar-refractivity contribution in [1.82, 2.24) is 9.80 Å². The maximum atomic E-state index is 13.3. The first-order chi connectivity index (χ1) is 12.0. The molecule has 1 aromatic rings. The molecule has 5 heteroatoms. The molecule has 4 rings (SSSR count). The molecule has 0 spiro atoms. The van der Waals surface area contributed by atoms with E-state index in [9.17, 15) is 9.18 Å². The van der Waals surface area contributed by atoms with Gasteiger partial charge in [0.1, 0.15) is 11.6 Å². The zero-order valence-corrected chi connectivity index (χ0v) is 15.1. The van der Waals surface area contributed by atoms with Gasteiger partial charge in [-0.3, -0.25) is 9.69 Å². The van der Waals surface area contributed by atoms with Crippen LogP contribution in [0.5, 0.6) is 5.75 Å². The molecule has 0 N–H and O–H groups in total. The van der Waals surface area contributed by atoms with Crippen molar-refractivity contribution in [3.05, 3.63) is 30.1 Å². The third-order valence-electron chi connectivity index (χ3n) is 6.73. The van der Waals surface area contributed by atoms with E-state index in [1.54, 1.807) is 12.1 Å². The molecule has 2 bridgehead atoms. The third kappa shape index (κ3) is 2.82. The van der Waals surface area contributed by atoms with Gasteiger partial charge in [-0.15, -0.1) is 0 Å². The fourth-order valence-electron chi connectivity index (χ4n) is 5.52. The molecule has 2 saturated heterocycles. The number of carbonyl (C=O) groups excluding carboxylic acids is 1. The van der Waals surface area contributed by atoms with Crippen molar-refractivity contribution < 1.29 is 13.9 Å². The molecule has 2 aliphatic heterocycles. The highest BCUT2D eigenvalue weighted by Crippen LogP contribution is 2.52. The van der Waals surface area contributed by atoms with E-state index < -0.39 is 0 Å². The van der Waals surface area contributed by atoms with Gasteiger partial charge in [-0.2, -0.15) is 0 Å². The first-order valence-electron chi connectivity index (χ1n) is 9.39. The second kappa shape index (κ2) is 6.27. The van der Waals surface area contributed by atoms with Crippen LogP contribution in [-0.2, 0) is 4.79 Å². The molecule has 4 atom stereocenters. The Bertz CT molecular complexity index is 667. The number of carbonyl (C=O) groups is 1. The minimum Gasteiger partial charge on any atom is -0.484 e. The molecule has 3 fully saturated rings. The van der Waals surface area contributed by atoms with E-state index >= 15 is 0 Å². The summed E-state index contributed by atoms with van der Waals surface area (Å²) in [7, 11) is 2.22. The molecular weight excluding hydrogens is 319 g/mol. The maximum Gasteiger partial charge on any atom is 0.260 e. The summed E-state index contributed by atoms with van der Waals surface area (Å²) in [6.45, 7) is 3.15. The molecule has 1 amide bonds. The summed E-state index contributed by atoms with van der Waals surface area (Å²) in [5.41, 5.74) is 0.183. The van der Waals surface area contributed by atoms with Crippen LogP contribution >= 0.6 is 0 Å². The maximum absolute atomic E-state index is 13.3. The Kier molecular flexibility index (Phi) is 4.22. The van der Waals surface area contributed by atoms with E-state index in [-0.39, 0.29) is 23.7 Å². The van der Waals surface area contributed by atoms with Gasteiger partial charge in [-0.25, -0.2) is 4.39 Å². The van der Waals surface area contributed by atoms with Crippen molar-refractivity contribution in [3.63, 3.8) is 0 Å². The zero-order chi connectivity index (χ0) is 17.6. The summed E-state index contributed by atoms with van der Waals surface area (Å²) in [4.78, 5) is 17.5. The SMILES string of the molecule is CN1[C@@H]2CN(C(=O)COc3cccc(F)c3)[C@@H]3CCCC[C@H]1[C@]3(C)C2. The Morgan fingerprint density at radius 3 is 2.84 bits per heavy atom. The Morgan fingerprint density at radius 1 is 1.32 bits per heavy atom. The van der Waals surface area contributed by atoms with Crippen molar-refractivity contribution in [3.8, 4) is 5.75 Å². The Morgan fingerprint density at radius 2 is 2.08 bits per heavy atom. The minimum absolute atomic E-state index is 0.0167. The van der Waals surface area contributed by atoms with Crippen molar-refractivity contribution in [2.45, 2.75) is 57.2 Å². The zero-order valence-electron chi connectivity index (χ0n) is 15.1. The highest BCUT2D eigenvalue weighted by Gasteiger charge is 2.58. The van der Waals surface area contributed by atoms with Crippen LogP contribution in [-0.4, -0.2) is 54.0 Å². The predicted octanol–water partition coefficient (Wildman–Crippen LogP) is 3.07. The lowest BCUT2D eigenvalue weighted by Gasteiger charge is -2.46. The first-order valence-corrected chi connectivity index (χ1v) is 9.39. The van der Waals surface area contributed by atoms with Gasteiger partial charge >= 0.3 is 0 Å². The highest BCUT2D eigenvalue weighted by molar-refractivity contribution is 5.78. The lowest BCUT2D eigenvalue weighted by Crippen LogP contribution is -2.56. The van der Waals surface area contributed by atoms with Crippen LogP contribution in [0.2, 0.25) is 0 Å². The Labute approximate surface area is 148 Å². The number of likely N-dealkylation sites (tertiary alicyclic amines) is 2. The van der Waals surface area contributed by atoms with E-state index in [0.29, 0.717) is 23.9 Å². The number of fused-ring (bicyclic) bond motifs is 1. The molecule has 136 valence electrons. The fourth-order valence-corrected chi connectivity index (χ4v) is 5.52. The molecule has 4 nitrogen and oxygen atoms in total. The Balaban J connectivity index is 1.51. The van der Waals surface area contributed by atoms with Crippen LogP contribution in [0.4, 0.5) is 4.39 Å². The number of likely N-dealkylation sites (N-methyl/N-ethyl adjacent to an activating group) is 1. The number of hydrogen-bond acceptors (Lipinski definition) is 3. The largest absolute Gasteiger partial charge is 0.484 e. The number of rotatable bonds is 3. The van der Waals surface area contributed by atoms with Crippen molar-refractivity contribution >= 4 is 5.91 Å². The van der Waals surface area contributed by atoms with Gasteiger partial charge in [-0.05, 0) is 38.4 Å². The quantitative estimate of drug-likeness (QED) is 0.843. The predicted molar refractivity (Wildman–Crippen MR) is 93.9 cm³/mol. The lowest BCUT2D eigenvalue weighted by molar-refractivity contribution is -0.141. The highest BCUT2D eigenvalue weighted by atomic mass is 19.1. The van der Waals surface area contributed by atoms with Gasteiger partial charge in [0.2, 0.25) is 0 Å². The van der Waals surface area contributed by atoms with Gasteiger partial charge in [0.25, 0.3) is 5.91 Å². The molecule has 1 aliphatic carbocycles. The fraction of sp³-hybridized carbons (Fsp3) is 0.650. The number of piperidine rings is 1. The van der Waals surface area contributed by atoms with E-state index in [4.69, 9.17) is 4.74 Å². The van der Waals surface area contributed by atoms with Gasteiger partial charge in [0.05, 0.1) is 0 Å². The molecule has 0 aromatic heterocycles. The van der Waals surface area contributed by atoms with E-state index in [0.717, 1.165) is 13.0 Å². The van der Waals surface area contributed by atoms with Crippen LogP contribution in [0.1, 0.15) is 39.0 Å². The van der Waals surface area contributed by atoms with Gasteiger partial charge < -0.3 is 9.64 Å². The second-order valence-corrected chi connectivity index (χ2v) is 8.14. The number of ether oxygens (including phenoxy) is 1. The summed E-state index contributed by atoms with van der Waals surface area (Å²) in [5.74, 6) is 0.0956. The summed E-state index contributed by atoms with van der Waals surface area (Å²) in [5, 5.41) is 0. The van der Waals surface area contributed by atoms with Crippen molar-refractivity contribution in [2.24, 2.45) is 5.41 Å². The molecule has 1 saturated carbocycles. The number of hydrogen-bond donors (Lipinski definition) is 0. The van der Waals surface area contributed by atoms with Gasteiger partial charge in [0, 0.05) is 36.2 Å². The van der Waals surface area contributed by atoms with E-state index in [1.165, 1.54) is 37.8 Å². The second-order valence-electron chi connectivity index (χ2n) is 8.14. The monoisotopic (exact) mass is 346 g/mol. The van der Waals surface area contributed by atoms with Crippen LogP contribution < -0.4 is 4.74 Å². The summed E-state index contributed by atoms with van der Waals surface area (Å²) >= 11 is 0. The standard InChI is InChI=1S/C20H27FN2O2/c1-20-11-15-12-23(18(20)9-4-3-8-17(20)22(15)2)19(24)13-25-16-7-5-6-14(21)10-16/h5-7,10,15,17-18H,3-4,8-9,11-13H2,1-2H3/t15-,17-,18+,20-/m0/s1. The van der Waals surface area contributed by atoms with Crippen LogP contribution in [0, 0.1) is 11.2 Å². The first kappa shape index (κ1) is 16.8. The average molecular weight is 346 g/mol. The molecule has 1 aromatic carbocycles. The molecule has 2 heterocycles. The van der Waals surface area contributed by atoms with Crippen molar-refractivity contribution in [2.75, 3.05) is 20.2 Å². The number of amides is 1. The van der Waals surface area contributed by atoms with E-state index in [2.05, 4.69) is 23.8 Å². The molecular formula is C20H27FN2O2. The molecule has 0 unspecified atom stereocenters. The number of halogens is 1. The van der Waals surface area contributed by atoms with Gasteiger partial charge in [-0.1, -0.05) is 25.8 Å². The summed E-state index contributed by atoms with van der Waals surface area (Å²) in [6, 6.07) is 7.30. The van der Waals surface area contributed by atoms with Gasteiger partial charge in [0.15, 0.2) is 6.61 Å². The smallest absolute Gasteiger partial charge is 0.260 e. The molecule has 25 heavy (non-hydrogen) atoms. The molecule has 0 radical (unpaired) electrons. The van der Waals surface area contributed by atoms with Crippen molar-refractivity contribution in [1.29, 1.82) is 0 Å². The molecule has 3 aliphatic rings. The summed E-state index contributed by atoms with van der Waals surface area (Å²) in [6.07, 6.45) is 5.94.